The van der Waals surface area contributed by atoms with E-state index in [1.165, 1.54) is 6.92 Å². The van der Waals surface area contributed by atoms with Crippen LogP contribution in [0.4, 0.5) is 13.2 Å². The summed E-state index contributed by atoms with van der Waals surface area (Å²) in [6.45, 7) is 2.20. The van der Waals surface area contributed by atoms with Crippen molar-refractivity contribution in [1.29, 1.82) is 0 Å². The van der Waals surface area contributed by atoms with Crippen LogP contribution < -0.4 is 0 Å². The fourth-order valence-electron chi connectivity index (χ4n) is 1.77. The van der Waals surface area contributed by atoms with Crippen LogP contribution in [0.1, 0.15) is 24.2 Å². The number of carbonyl (C=O) groups is 1. The molecule has 0 spiro atoms. The number of benzene rings is 1. The third-order valence-electron chi connectivity index (χ3n) is 2.84. The number of nitrogens with zero attached hydrogens (tertiary/aromatic N) is 1. The van der Waals surface area contributed by atoms with Gasteiger partial charge < -0.3 is 0 Å². The van der Waals surface area contributed by atoms with E-state index in [9.17, 15) is 18.0 Å². The van der Waals surface area contributed by atoms with Crippen molar-refractivity contribution in [2.45, 2.75) is 26.1 Å². The maximum absolute atomic E-state index is 12.4. The summed E-state index contributed by atoms with van der Waals surface area (Å²) < 4.78 is 38.1. The summed E-state index contributed by atoms with van der Waals surface area (Å²) in [5.74, 6) is -0.307. The minimum atomic E-state index is -4.30. The zero-order valence-corrected chi connectivity index (χ0v) is 12.3. The highest BCUT2D eigenvalue weighted by Crippen LogP contribution is 2.20. The Morgan fingerprint density at radius 2 is 1.84 bits per heavy atom. The summed E-state index contributed by atoms with van der Waals surface area (Å²) in [6, 6.07) is 5.79. The van der Waals surface area contributed by atoms with Gasteiger partial charge in [-0.3, -0.25) is 9.69 Å². The fraction of sp³-hybridized carbons (Fsp3) is 0.462. The van der Waals surface area contributed by atoms with Crippen LogP contribution >= 0.6 is 15.9 Å². The van der Waals surface area contributed by atoms with Crippen molar-refractivity contribution in [2.75, 3.05) is 13.1 Å². The van der Waals surface area contributed by atoms with E-state index in [1.807, 2.05) is 0 Å². The molecule has 1 aromatic rings. The Bertz CT molecular complexity index is 431. The Hall–Kier alpha value is -0.880. The summed E-state index contributed by atoms with van der Waals surface area (Å²) >= 11 is 3.24. The van der Waals surface area contributed by atoms with Gasteiger partial charge in [0.25, 0.3) is 0 Å². The number of halogens is 4. The molecule has 0 aliphatic carbocycles. The third-order valence-corrected chi connectivity index (χ3v) is 3.37. The lowest BCUT2D eigenvalue weighted by molar-refractivity contribution is -0.147. The van der Waals surface area contributed by atoms with E-state index in [1.54, 1.807) is 31.2 Å². The highest BCUT2D eigenvalue weighted by atomic mass is 79.9. The lowest BCUT2D eigenvalue weighted by atomic mass is 10.0. The molecule has 0 amide bonds. The summed E-state index contributed by atoms with van der Waals surface area (Å²) in [6.07, 6.45) is -4.30. The van der Waals surface area contributed by atoms with Gasteiger partial charge in [-0.2, -0.15) is 13.2 Å². The van der Waals surface area contributed by atoms with Crippen molar-refractivity contribution in [3.8, 4) is 0 Å². The van der Waals surface area contributed by atoms with Crippen molar-refractivity contribution < 1.29 is 18.0 Å². The Morgan fingerprint density at radius 3 is 2.26 bits per heavy atom. The molecule has 1 aromatic carbocycles. The Labute approximate surface area is 118 Å². The van der Waals surface area contributed by atoms with Crippen LogP contribution in [0.5, 0.6) is 0 Å². The van der Waals surface area contributed by atoms with Crippen LogP contribution in [-0.4, -0.2) is 36.0 Å². The largest absolute Gasteiger partial charge is 0.401 e. The second-order valence-corrected chi connectivity index (χ2v) is 5.14. The van der Waals surface area contributed by atoms with Crippen molar-refractivity contribution in [3.63, 3.8) is 0 Å². The second-order valence-electron chi connectivity index (χ2n) is 4.23. The molecule has 0 heterocycles. The number of carbonyl (C=O) groups excluding carboxylic acids is 1. The number of rotatable bonds is 5. The highest BCUT2D eigenvalue weighted by molar-refractivity contribution is 9.10. The number of alkyl halides is 3. The SMILES string of the molecule is CCN(CC(F)(F)F)C(C)C(=O)c1ccc(Br)cc1. The van der Waals surface area contributed by atoms with E-state index in [2.05, 4.69) is 15.9 Å². The minimum Gasteiger partial charge on any atom is -0.292 e. The van der Waals surface area contributed by atoms with Gasteiger partial charge in [0.2, 0.25) is 0 Å². The standard InChI is InChI=1S/C13H15BrF3NO/c1-3-18(8-13(15,16)17)9(2)12(19)10-4-6-11(14)7-5-10/h4-7,9H,3,8H2,1-2H3. The second kappa shape index (κ2) is 6.52. The molecule has 0 bridgehead atoms. The molecule has 19 heavy (non-hydrogen) atoms. The molecule has 2 nitrogen and oxygen atoms in total. The predicted octanol–water partition coefficient (Wildman–Crippen LogP) is 3.90. The molecule has 0 radical (unpaired) electrons. The molecule has 106 valence electrons. The van der Waals surface area contributed by atoms with Crippen LogP contribution in [0.15, 0.2) is 28.7 Å². The number of hydrogen-bond acceptors (Lipinski definition) is 2. The Balaban J connectivity index is 2.82. The summed E-state index contributed by atoms with van der Waals surface area (Å²) in [7, 11) is 0. The molecule has 0 saturated heterocycles. The summed E-state index contributed by atoms with van der Waals surface area (Å²) in [5.41, 5.74) is 0.413. The van der Waals surface area contributed by atoms with Gasteiger partial charge in [-0.05, 0) is 25.6 Å². The smallest absolute Gasteiger partial charge is 0.292 e. The van der Waals surface area contributed by atoms with E-state index < -0.39 is 18.8 Å². The van der Waals surface area contributed by atoms with Gasteiger partial charge in [0.05, 0.1) is 12.6 Å². The molecule has 0 saturated carbocycles. The van der Waals surface area contributed by atoms with Crippen LogP contribution in [-0.2, 0) is 0 Å². The number of ketones is 1. The quantitative estimate of drug-likeness (QED) is 0.759. The van der Waals surface area contributed by atoms with Crippen LogP contribution in [0, 0.1) is 0 Å². The molecule has 6 heteroatoms. The van der Waals surface area contributed by atoms with Gasteiger partial charge in [-0.1, -0.05) is 35.0 Å². The lowest BCUT2D eigenvalue weighted by Gasteiger charge is -2.27. The third kappa shape index (κ3) is 4.95. The van der Waals surface area contributed by atoms with Crippen LogP contribution in [0.2, 0.25) is 0 Å². The number of hydrogen-bond donors (Lipinski definition) is 0. The molecule has 0 aromatic heterocycles. The maximum atomic E-state index is 12.4. The number of likely N-dealkylation sites (N-methyl/N-ethyl adjacent to an activating group) is 1. The number of Topliss-reactive ketones (excluding diaryl/α,β-unsaturated/α-hetero) is 1. The normalized spacial score (nSPS) is 13.6. The molecular formula is C13H15BrF3NO. The first-order valence-corrected chi connectivity index (χ1v) is 6.64. The van der Waals surface area contributed by atoms with Crippen LogP contribution in [0.25, 0.3) is 0 Å². The van der Waals surface area contributed by atoms with Gasteiger partial charge in [0, 0.05) is 10.0 Å². The van der Waals surface area contributed by atoms with Gasteiger partial charge in [-0.15, -0.1) is 0 Å². The molecule has 0 aliphatic rings. The van der Waals surface area contributed by atoms with E-state index in [-0.39, 0.29) is 12.3 Å². The van der Waals surface area contributed by atoms with E-state index in [4.69, 9.17) is 0 Å². The summed E-state index contributed by atoms with van der Waals surface area (Å²) in [4.78, 5) is 13.2. The highest BCUT2D eigenvalue weighted by Gasteiger charge is 2.34. The zero-order valence-electron chi connectivity index (χ0n) is 10.7. The Kier molecular flexibility index (Phi) is 5.55. The Morgan fingerprint density at radius 1 is 1.32 bits per heavy atom. The lowest BCUT2D eigenvalue weighted by Crippen LogP contribution is -2.44. The van der Waals surface area contributed by atoms with E-state index >= 15 is 0 Å². The minimum absolute atomic E-state index is 0.170. The molecular weight excluding hydrogens is 323 g/mol. The molecule has 0 aliphatic heterocycles. The summed E-state index contributed by atoms with van der Waals surface area (Å²) in [5, 5.41) is 0. The van der Waals surface area contributed by atoms with Gasteiger partial charge in [0.1, 0.15) is 0 Å². The average molecular weight is 338 g/mol. The van der Waals surface area contributed by atoms with Gasteiger partial charge in [0.15, 0.2) is 5.78 Å². The van der Waals surface area contributed by atoms with Crippen molar-refractivity contribution in [2.24, 2.45) is 0 Å². The average Bonchev–Trinajstić information content (AvgIpc) is 2.34. The monoisotopic (exact) mass is 337 g/mol. The van der Waals surface area contributed by atoms with E-state index in [0.29, 0.717) is 5.56 Å². The molecule has 1 atom stereocenters. The predicted molar refractivity (Wildman–Crippen MR) is 71.2 cm³/mol. The molecule has 1 rings (SSSR count). The topological polar surface area (TPSA) is 20.3 Å². The first-order chi connectivity index (χ1) is 8.74. The van der Waals surface area contributed by atoms with Crippen molar-refractivity contribution in [3.05, 3.63) is 34.3 Å². The van der Waals surface area contributed by atoms with E-state index in [0.717, 1.165) is 9.37 Å². The first kappa shape index (κ1) is 16.2. The molecule has 0 N–H and O–H groups in total. The van der Waals surface area contributed by atoms with Gasteiger partial charge >= 0.3 is 6.18 Å². The zero-order chi connectivity index (χ0) is 14.6. The fourth-order valence-corrected chi connectivity index (χ4v) is 2.04. The van der Waals surface area contributed by atoms with Crippen molar-refractivity contribution >= 4 is 21.7 Å². The van der Waals surface area contributed by atoms with Gasteiger partial charge in [-0.25, -0.2) is 0 Å². The first-order valence-electron chi connectivity index (χ1n) is 5.85. The molecule has 0 fully saturated rings. The van der Waals surface area contributed by atoms with Crippen molar-refractivity contribution in [1.82, 2.24) is 4.90 Å². The van der Waals surface area contributed by atoms with Crippen LogP contribution in [0.3, 0.4) is 0 Å². The maximum Gasteiger partial charge on any atom is 0.401 e. The molecule has 1 unspecified atom stereocenters.